The molecule has 0 radical (unpaired) electrons. The summed E-state index contributed by atoms with van der Waals surface area (Å²) in [7, 11) is 1.71. The highest BCUT2D eigenvalue weighted by Gasteiger charge is 2.38. The monoisotopic (exact) mass is 433 g/mol. The van der Waals surface area contributed by atoms with E-state index in [0.717, 1.165) is 17.8 Å². The number of likely N-dealkylation sites (tertiary alicyclic amines) is 1. The van der Waals surface area contributed by atoms with Crippen molar-refractivity contribution >= 4 is 46.4 Å². The van der Waals surface area contributed by atoms with Crippen LogP contribution >= 0.6 is 34.5 Å². The molecular weight excluding hydrogens is 405 g/mol. The number of thiazole rings is 1. The van der Waals surface area contributed by atoms with Crippen LogP contribution in [-0.2, 0) is 9.59 Å². The molecule has 3 atom stereocenters. The highest BCUT2D eigenvalue weighted by Crippen LogP contribution is 2.34. The Morgan fingerprint density at radius 1 is 1.37 bits per heavy atom. The lowest BCUT2D eigenvalue weighted by atomic mass is 10.00. The first kappa shape index (κ1) is 22.4. The molecule has 152 valence electrons. The van der Waals surface area contributed by atoms with E-state index in [1.54, 1.807) is 29.5 Å². The van der Waals surface area contributed by atoms with Crippen molar-refractivity contribution in [1.29, 1.82) is 0 Å². The number of carbonyl (C=O) groups is 2. The number of aromatic nitrogens is 1. The summed E-state index contributed by atoms with van der Waals surface area (Å²) < 4.78 is 0. The Morgan fingerprint density at radius 2 is 2.07 bits per heavy atom. The molecule has 1 aromatic rings. The first-order chi connectivity index (χ1) is 12.7. The van der Waals surface area contributed by atoms with E-state index in [9.17, 15) is 9.59 Å². The summed E-state index contributed by atoms with van der Waals surface area (Å²) in [5.74, 6) is 0.0466. The summed E-state index contributed by atoms with van der Waals surface area (Å²) in [6.07, 6.45) is 4.51. The molecule has 27 heavy (non-hydrogen) atoms. The van der Waals surface area contributed by atoms with Gasteiger partial charge in [0.1, 0.15) is 15.9 Å². The molecule has 0 saturated carbocycles. The fourth-order valence-corrected chi connectivity index (χ4v) is 4.39. The summed E-state index contributed by atoms with van der Waals surface area (Å²) in [5, 5.41) is 2.91. The van der Waals surface area contributed by atoms with Crippen LogP contribution < -0.4 is 0 Å². The van der Waals surface area contributed by atoms with E-state index in [1.165, 1.54) is 0 Å². The number of rotatable bonds is 8. The Labute approximate surface area is 176 Å². The minimum atomic E-state index is -0.602. The van der Waals surface area contributed by atoms with Gasteiger partial charge < -0.3 is 9.80 Å². The summed E-state index contributed by atoms with van der Waals surface area (Å²) in [5.41, 5.74) is 0. The van der Waals surface area contributed by atoms with Gasteiger partial charge in [0, 0.05) is 31.6 Å². The van der Waals surface area contributed by atoms with Crippen molar-refractivity contribution in [2.75, 3.05) is 13.6 Å². The van der Waals surface area contributed by atoms with Crippen molar-refractivity contribution < 1.29 is 9.59 Å². The van der Waals surface area contributed by atoms with Crippen LogP contribution in [0.5, 0.6) is 0 Å². The van der Waals surface area contributed by atoms with Crippen molar-refractivity contribution in [3.8, 4) is 0 Å². The largest absolute Gasteiger partial charge is 0.334 e. The van der Waals surface area contributed by atoms with Gasteiger partial charge in [-0.2, -0.15) is 0 Å². The van der Waals surface area contributed by atoms with Crippen LogP contribution in [-0.4, -0.2) is 51.1 Å². The third-order valence-corrected chi connectivity index (χ3v) is 6.78. The van der Waals surface area contributed by atoms with Gasteiger partial charge in [-0.3, -0.25) is 9.59 Å². The first-order valence-electron chi connectivity index (χ1n) is 9.46. The van der Waals surface area contributed by atoms with Crippen LogP contribution in [0.1, 0.15) is 57.5 Å². The number of carbonyl (C=O) groups excluding carboxylic acids is 2. The second-order valence-corrected chi connectivity index (χ2v) is 9.82. The van der Waals surface area contributed by atoms with Crippen LogP contribution in [0.4, 0.5) is 0 Å². The van der Waals surface area contributed by atoms with Gasteiger partial charge in [-0.1, -0.05) is 20.8 Å². The predicted molar refractivity (Wildman–Crippen MR) is 111 cm³/mol. The maximum Gasteiger partial charge on any atom is 0.245 e. The normalized spacial score (nSPS) is 19.6. The van der Waals surface area contributed by atoms with Gasteiger partial charge in [0.05, 0.1) is 6.04 Å². The van der Waals surface area contributed by atoms with Crippen molar-refractivity contribution in [1.82, 2.24) is 14.8 Å². The van der Waals surface area contributed by atoms with E-state index < -0.39 is 10.9 Å². The summed E-state index contributed by atoms with van der Waals surface area (Å²) in [6.45, 7) is 6.68. The van der Waals surface area contributed by atoms with E-state index in [1.807, 2.05) is 17.2 Å². The molecule has 8 heteroatoms. The topological polar surface area (TPSA) is 53.5 Å². The molecule has 1 aromatic heterocycles. The highest BCUT2D eigenvalue weighted by atomic mass is 35.5. The van der Waals surface area contributed by atoms with Gasteiger partial charge in [0.15, 0.2) is 0 Å². The molecule has 2 heterocycles. The van der Waals surface area contributed by atoms with E-state index in [0.29, 0.717) is 18.9 Å². The zero-order valence-corrected chi connectivity index (χ0v) is 18.7. The Bertz CT molecular complexity index is 624. The number of halogens is 2. The van der Waals surface area contributed by atoms with Gasteiger partial charge in [-0.25, -0.2) is 4.98 Å². The summed E-state index contributed by atoms with van der Waals surface area (Å²) in [4.78, 5) is 33.4. The third kappa shape index (κ3) is 5.81. The van der Waals surface area contributed by atoms with Gasteiger partial charge in [-0.05, 0) is 31.1 Å². The average Bonchev–Trinajstić information content (AvgIpc) is 3.28. The van der Waals surface area contributed by atoms with Crippen molar-refractivity contribution in [3.63, 3.8) is 0 Å². The Morgan fingerprint density at radius 3 is 2.63 bits per heavy atom. The highest BCUT2D eigenvalue weighted by molar-refractivity contribution is 7.09. The second-order valence-electron chi connectivity index (χ2n) is 7.73. The van der Waals surface area contributed by atoms with Crippen LogP contribution in [0, 0.1) is 11.8 Å². The summed E-state index contributed by atoms with van der Waals surface area (Å²) >= 11 is 13.4. The maximum atomic E-state index is 13.4. The predicted octanol–water partition coefficient (Wildman–Crippen LogP) is 4.51. The van der Waals surface area contributed by atoms with Crippen molar-refractivity contribution in [2.24, 2.45) is 11.8 Å². The molecule has 3 unspecified atom stereocenters. The smallest absolute Gasteiger partial charge is 0.245 e. The Hall–Kier alpha value is -0.850. The summed E-state index contributed by atoms with van der Waals surface area (Å²) in [6, 6.07) is -0.459. The minimum Gasteiger partial charge on any atom is -0.334 e. The molecule has 1 saturated heterocycles. The second kappa shape index (κ2) is 10.1. The van der Waals surface area contributed by atoms with Crippen LogP contribution in [0.15, 0.2) is 11.6 Å². The number of hydrogen-bond donors (Lipinski definition) is 0. The molecule has 1 aliphatic rings. The molecule has 5 nitrogen and oxygen atoms in total. The fraction of sp³-hybridized carbons (Fsp3) is 0.737. The molecule has 2 amide bonds. The van der Waals surface area contributed by atoms with Gasteiger partial charge in [0.2, 0.25) is 11.8 Å². The van der Waals surface area contributed by atoms with Crippen LogP contribution in [0.2, 0.25) is 0 Å². The number of amides is 2. The molecule has 1 fully saturated rings. The van der Waals surface area contributed by atoms with E-state index >= 15 is 0 Å². The van der Waals surface area contributed by atoms with Gasteiger partial charge >= 0.3 is 0 Å². The fourth-order valence-electron chi connectivity index (χ4n) is 3.43. The number of alkyl halides is 2. The maximum absolute atomic E-state index is 13.4. The number of likely N-dealkylation sites (N-methyl/N-ethyl adjacent to an activating group) is 1. The zero-order valence-electron chi connectivity index (χ0n) is 16.4. The van der Waals surface area contributed by atoms with E-state index in [2.05, 4.69) is 18.8 Å². The lowest BCUT2D eigenvalue weighted by molar-refractivity contribution is -0.146. The molecule has 0 spiro atoms. The molecule has 0 N–H and O–H groups in total. The van der Waals surface area contributed by atoms with Crippen molar-refractivity contribution in [3.05, 3.63) is 16.6 Å². The number of nitrogens with zero attached hydrogens (tertiary/aromatic N) is 3. The van der Waals surface area contributed by atoms with Crippen LogP contribution in [0.25, 0.3) is 0 Å². The van der Waals surface area contributed by atoms with Crippen molar-refractivity contribution in [2.45, 2.75) is 63.4 Å². The SMILES string of the molecule is CC(C)CC(C(=O)N1CCCC1c1nccs1)N(C)C(=O)CC(C)C(Cl)Cl. The molecule has 0 bridgehead atoms. The minimum absolute atomic E-state index is 0.0122. The van der Waals surface area contributed by atoms with Crippen LogP contribution in [0.3, 0.4) is 0 Å². The third-order valence-electron chi connectivity index (χ3n) is 5.04. The van der Waals surface area contributed by atoms with E-state index in [4.69, 9.17) is 23.2 Å². The Balaban J connectivity index is 2.16. The van der Waals surface area contributed by atoms with E-state index in [-0.39, 0.29) is 30.2 Å². The Kier molecular flexibility index (Phi) is 8.38. The first-order valence-corrected chi connectivity index (χ1v) is 11.2. The lowest BCUT2D eigenvalue weighted by Crippen LogP contribution is -2.50. The number of hydrogen-bond acceptors (Lipinski definition) is 4. The quantitative estimate of drug-likeness (QED) is 0.566. The molecule has 2 rings (SSSR count). The molecule has 1 aliphatic heterocycles. The zero-order chi connectivity index (χ0) is 20.1. The molecular formula is C19H29Cl2N3O2S. The molecule has 0 aromatic carbocycles. The standard InChI is InChI=1S/C19H29Cl2N3O2S/c1-12(2)10-15(23(4)16(25)11-13(3)17(20)21)19(26)24-8-5-6-14(24)18-22-7-9-27-18/h7,9,12-15,17H,5-6,8,10-11H2,1-4H3. The average molecular weight is 434 g/mol. The van der Waals surface area contributed by atoms with Gasteiger partial charge in [0.25, 0.3) is 0 Å². The van der Waals surface area contributed by atoms with Gasteiger partial charge in [-0.15, -0.1) is 34.5 Å². The molecule has 0 aliphatic carbocycles. The lowest BCUT2D eigenvalue weighted by Gasteiger charge is -2.34.